The summed E-state index contributed by atoms with van der Waals surface area (Å²) in [6, 6.07) is 11.9. The van der Waals surface area contributed by atoms with E-state index in [-0.39, 0.29) is 11.3 Å². The van der Waals surface area contributed by atoms with E-state index in [1.54, 1.807) is 30.5 Å². The maximum absolute atomic E-state index is 12.4. The molecule has 3 aromatic rings. The second-order valence-corrected chi connectivity index (χ2v) is 6.47. The molecule has 25 heavy (non-hydrogen) atoms. The summed E-state index contributed by atoms with van der Waals surface area (Å²) in [6.07, 6.45) is 0. The molecule has 126 valence electrons. The predicted octanol–water partition coefficient (Wildman–Crippen LogP) is 4.93. The van der Waals surface area contributed by atoms with Crippen LogP contribution in [-0.2, 0) is 0 Å². The number of amides is 1. The Hall–Kier alpha value is -2.77. The molecule has 1 aromatic heterocycles. The number of aryl methyl sites for hydroxylation is 1. The largest absolute Gasteiger partial charge is 0.298 e. The van der Waals surface area contributed by atoms with Crippen LogP contribution in [-0.4, -0.2) is 15.8 Å². The van der Waals surface area contributed by atoms with E-state index in [0.717, 1.165) is 5.56 Å². The first kappa shape index (κ1) is 17.1. The third-order valence-electron chi connectivity index (χ3n) is 3.54. The summed E-state index contributed by atoms with van der Waals surface area (Å²) in [4.78, 5) is 27.4. The normalized spacial score (nSPS) is 10.5. The number of rotatable bonds is 4. The molecule has 0 unspecified atom stereocenters. The Morgan fingerprint density at radius 3 is 2.72 bits per heavy atom. The first-order chi connectivity index (χ1) is 12.0. The van der Waals surface area contributed by atoms with Gasteiger partial charge in [0.1, 0.15) is 5.56 Å². The molecule has 6 nitrogen and oxygen atoms in total. The van der Waals surface area contributed by atoms with E-state index in [0.29, 0.717) is 21.4 Å². The highest BCUT2D eigenvalue weighted by Gasteiger charge is 2.23. The van der Waals surface area contributed by atoms with E-state index >= 15 is 0 Å². The van der Waals surface area contributed by atoms with Crippen LogP contribution in [0, 0.1) is 17.0 Å². The van der Waals surface area contributed by atoms with Crippen LogP contribution in [0.1, 0.15) is 15.9 Å². The van der Waals surface area contributed by atoms with Crippen molar-refractivity contribution in [1.29, 1.82) is 0 Å². The SMILES string of the molecule is Cc1cccc(C(=O)Nc2nc(-c3ccccc3Cl)cs2)c1[N+](=O)[O-]. The van der Waals surface area contributed by atoms with Crippen molar-refractivity contribution in [1.82, 2.24) is 4.98 Å². The lowest BCUT2D eigenvalue weighted by atomic mass is 10.1. The number of nitrogens with one attached hydrogen (secondary N) is 1. The Labute approximate surface area is 152 Å². The number of aromatic nitrogens is 1. The van der Waals surface area contributed by atoms with Gasteiger partial charge in [0, 0.05) is 21.5 Å². The second kappa shape index (κ2) is 7.00. The highest BCUT2D eigenvalue weighted by Crippen LogP contribution is 2.31. The van der Waals surface area contributed by atoms with E-state index < -0.39 is 10.8 Å². The summed E-state index contributed by atoms with van der Waals surface area (Å²) in [6.45, 7) is 1.59. The number of hydrogen-bond donors (Lipinski definition) is 1. The van der Waals surface area contributed by atoms with Crippen molar-refractivity contribution >= 4 is 39.7 Å². The van der Waals surface area contributed by atoms with Crippen molar-refractivity contribution in [2.75, 3.05) is 5.32 Å². The van der Waals surface area contributed by atoms with Crippen LogP contribution in [0.25, 0.3) is 11.3 Å². The number of benzene rings is 2. The van der Waals surface area contributed by atoms with Gasteiger partial charge in [-0.05, 0) is 19.1 Å². The van der Waals surface area contributed by atoms with Gasteiger partial charge >= 0.3 is 0 Å². The number of carbonyl (C=O) groups is 1. The summed E-state index contributed by atoms with van der Waals surface area (Å²) in [5.41, 5.74) is 1.60. The Balaban J connectivity index is 1.87. The summed E-state index contributed by atoms with van der Waals surface area (Å²) in [5, 5.41) is 16.5. The molecular weight excluding hydrogens is 362 g/mol. The van der Waals surface area contributed by atoms with Crippen LogP contribution >= 0.6 is 22.9 Å². The number of thiazole rings is 1. The van der Waals surface area contributed by atoms with E-state index in [4.69, 9.17) is 11.6 Å². The summed E-state index contributed by atoms with van der Waals surface area (Å²) in [5.74, 6) is -0.574. The number of nitro groups is 1. The van der Waals surface area contributed by atoms with Gasteiger partial charge in [-0.15, -0.1) is 11.3 Å². The molecular formula is C17H12ClN3O3S. The maximum atomic E-state index is 12.4. The molecule has 0 radical (unpaired) electrons. The summed E-state index contributed by atoms with van der Waals surface area (Å²) >= 11 is 7.37. The zero-order chi connectivity index (χ0) is 18.0. The number of nitrogens with zero attached hydrogens (tertiary/aromatic N) is 2. The first-order valence-corrected chi connectivity index (χ1v) is 8.49. The lowest BCUT2D eigenvalue weighted by molar-refractivity contribution is -0.385. The minimum absolute atomic E-state index is 0.000469. The molecule has 1 amide bonds. The van der Waals surface area contributed by atoms with Gasteiger partial charge in [-0.25, -0.2) is 4.98 Å². The fourth-order valence-corrected chi connectivity index (χ4v) is 3.31. The highest BCUT2D eigenvalue weighted by molar-refractivity contribution is 7.14. The molecule has 0 spiro atoms. The molecule has 0 saturated carbocycles. The molecule has 0 bridgehead atoms. The maximum Gasteiger partial charge on any atom is 0.285 e. The molecule has 1 heterocycles. The first-order valence-electron chi connectivity index (χ1n) is 7.23. The van der Waals surface area contributed by atoms with Gasteiger partial charge in [-0.3, -0.25) is 20.2 Å². The number of anilines is 1. The van der Waals surface area contributed by atoms with Gasteiger partial charge in [0.25, 0.3) is 11.6 Å². The molecule has 8 heteroatoms. The van der Waals surface area contributed by atoms with Crippen molar-refractivity contribution in [2.45, 2.75) is 6.92 Å². The average molecular weight is 374 g/mol. The third kappa shape index (κ3) is 3.52. The number of hydrogen-bond acceptors (Lipinski definition) is 5. The molecule has 0 aliphatic heterocycles. The average Bonchev–Trinajstić information content (AvgIpc) is 3.02. The molecule has 2 aromatic carbocycles. The second-order valence-electron chi connectivity index (χ2n) is 5.20. The van der Waals surface area contributed by atoms with Gasteiger partial charge < -0.3 is 0 Å². The van der Waals surface area contributed by atoms with Crippen LogP contribution in [0.5, 0.6) is 0 Å². The van der Waals surface area contributed by atoms with E-state index in [1.165, 1.54) is 17.4 Å². The Morgan fingerprint density at radius 1 is 1.24 bits per heavy atom. The minimum atomic E-state index is -0.574. The van der Waals surface area contributed by atoms with Gasteiger partial charge in [0.2, 0.25) is 0 Å². The number of para-hydroxylation sites is 1. The molecule has 0 aliphatic rings. The number of halogens is 1. The highest BCUT2D eigenvalue weighted by atomic mass is 35.5. The Morgan fingerprint density at radius 2 is 2.00 bits per heavy atom. The quantitative estimate of drug-likeness (QED) is 0.518. The van der Waals surface area contributed by atoms with Crippen molar-refractivity contribution in [3.8, 4) is 11.3 Å². The fourth-order valence-electron chi connectivity index (χ4n) is 2.37. The van der Waals surface area contributed by atoms with Crippen LogP contribution in [0.4, 0.5) is 10.8 Å². The zero-order valence-corrected chi connectivity index (χ0v) is 14.6. The number of carbonyl (C=O) groups excluding carboxylic acids is 1. The lowest BCUT2D eigenvalue weighted by Crippen LogP contribution is -2.14. The monoisotopic (exact) mass is 373 g/mol. The smallest absolute Gasteiger partial charge is 0.285 e. The van der Waals surface area contributed by atoms with Gasteiger partial charge in [0.15, 0.2) is 5.13 Å². The van der Waals surface area contributed by atoms with Gasteiger partial charge in [0.05, 0.1) is 10.6 Å². The number of nitro benzene ring substituents is 1. The van der Waals surface area contributed by atoms with E-state index in [9.17, 15) is 14.9 Å². The van der Waals surface area contributed by atoms with Gasteiger partial charge in [-0.1, -0.05) is 41.9 Å². The topological polar surface area (TPSA) is 85.1 Å². The van der Waals surface area contributed by atoms with Crippen molar-refractivity contribution in [2.24, 2.45) is 0 Å². The molecule has 0 saturated heterocycles. The predicted molar refractivity (Wildman–Crippen MR) is 98.3 cm³/mol. The zero-order valence-electron chi connectivity index (χ0n) is 13.0. The third-order valence-corrected chi connectivity index (χ3v) is 4.63. The standard InChI is InChI=1S/C17H12ClN3O3S/c1-10-5-4-7-12(15(10)21(23)24)16(22)20-17-19-14(9-25-17)11-6-2-3-8-13(11)18/h2-9H,1H3,(H,19,20,22). The van der Waals surface area contributed by atoms with Crippen molar-refractivity contribution < 1.29 is 9.72 Å². The Bertz CT molecular complexity index is 971. The van der Waals surface area contributed by atoms with Crippen LogP contribution in [0.3, 0.4) is 0 Å². The van der Waals surface area contributed by atoms with E-state index in [1.807, 2.05) is 18.2 Å². The summed E-state index contributed by atoms with van der Waals surface area (Å²) in [7, 11) is 0. The summed E-state index contributed by atoms with van der Waals surface area (Å²) < 4.78 is 0. The van der Waals surface area contributed by atoms with E-state index in [2.05, 4.69) is 10.3 Å². The lowest BCUT2D eigenvalue weighted by Gasteiger charge is -2.05. The molecule has 0 aliphatic carbocycles. The van der Waals surface area contributed by atoms with Crippen LogP contribution in [0.15, 0.2) is 47.8 Å². The van der Waals surface area contributed by atoms with Crippen LogP contribution < -0.4 is 5.32 Å². The Kier molecular flexibility index (Phi) is 4.78. The van der Waals surface area contributed by atoms with Gasteiger partial charge in [-0.2, -0.15) is 0 Å². The fraction of sp³-hybridized carbons (Fsp3) is 0.0588. The molecule has 1 N–H and O–H groups in total. The van der Waals surface area contributed by atoms with Crippen LogP contribution in [0.2, 0.25) is 5.02 Å². The molecule has 3 rings (SSSR count). The van der Waals surface area contributed by atoms with Crippen molar-refractivity contribution in [3.05, 3.63) is 74.1 Å². The molecule has 0 fully saturated rings. The molecule has 0 atom stereocenters. The minimum Gasteiger partial charge on any atom is -0.298 e. The van der Waals surface area contributed by atoms with Crippen molar-refractivity contribution in [3.63, 3.8) is 0 Å².